The molecule has 128 valence electrons. The van der Waals surface area contributed by atoms with Gasteiger partial charge < -0.3 is 9.52 Å². The first-order valence-corrected chi connectivity index (χ1v) is 7.61. The van der Waals surface area contributed by atoms with Gasteiger partial charge in [-0.2, -0.15) is 0 Å². The minimum Gasteiger partial charge on any atom is -0.481 e. The Morgan fingerprint density at radius 3 is 2.40 bits per heavy atom. The average molecular weight is 343 g/mol. The summed E-state index contributed by atoms with van der Waals surface area (Å²) in [7, 11) is 0. The molecule has 0 spiro atoms. The standard InChI is InChI=1S/C18H14FNO5/c1-2-10-3-4-12(9-14(21)22)17-15(10)16(18(25-17)20(23)24)11-5-7-13(19)8-6-11/h3-8H,2,9H2,1H3,(H,21,22). The lowest BCUT2D eigenvalue weighted by molar-refractivity contribution is -0.400. The SMILES string of the molecule is CCc1ccc(CC(=O)O)c2oc([N+](=O)[O-])c(-c3ccc(F)cc3)c12. The van der Waals surface area contributed by atoms with Gasteiger partial charge in [0.05, 0.1) is 6.42 Å². The molecule has 0 aliphatic heterocycles. The van der Waals surface area contributed by atoms with E-state index < -0.39 is 22.6 Å². The Bertz CT molecular complexity index is 975. The molecular formula is C18H14FNO5. The molecule has 0 fully saturated rings. The molecule has 0 amide bonds. The topological polar surface area (TPSA) is 93.6 Å². The highest BCUT2D eigenvalue weighted by Gasteiger charge is 2.28. The predicted octanol–water partition coefficient (Wildman–Crippen LogP) is 4.34. The van der Waals surface area contributed by atoms with Crippen LogP contribution >= 0.6 is 0 Å². The van der Waals surface area contributed by atoms with Gasteiger partial charge in [-0.15, -0.1) is 0 Å². The van der Waals surface area contributed by atoms with Gasteiger partial charge in [0.25, 0.3) is 0 Å². The molecule has 0 bridgehead atoms. The second kappa shape index (κ2) is 6.35. The molecule has 1 N–H and O–H groups in total. The van der Waals surface area contributed by atoms with Crippen LogP contribution in [0.15, 0.2) is 40.8 Å². The lowest BCUT2D eigenvalue weighted by Gasteiger charge is -2.05. The maximum Gasteiger partial charge on any atom is 0.442 e. The number of hydrogen-bond donors (Lipinski definition) is 1. The quantitative estimate of drug-likeness (QED) is 0.549. The van der Waals surface area contributed by atoms with Gasteiger partial charge in [0.1, 0.15) is 21.9 Å². The number of nitro groups is 1. The summed E-state index contributed by atoms with van der Waals surface area (Å²) in [6, 6.07) is 8.66. The number of carboxylic acid groups (broad SMARTS) is 1. The summed E-state index contributed by atoms with van der Waals surface area (Å²) in [6.45, 7) is 1.89. The van der Waals surface area contributed by atoms with Gasteiger partial charge in [0.15, 0.2) is 0 Å². The lowest BCUT2D eigenvalue weighted by atomic mass is 9.96. The molecule has 0 unspecified atom stereocenters. The van der Waals surface area contributed by atoms with E-state index in [1.165, 1.54) is 24.3 Å². The van der Waals surface area contributed by atoms with Crippen molar-refractivity contribution in [1.29, 1.82) is 0 Å². The first kappa shape index (κ1) is 16.6. The van der Waals surface area contributed by atoms with E-state index in [1.54, 1.807) is 12.1 Å². The van der Waals surface area contributed by atoms with E-state index in [2.05, 4.69) is 0 Å². The van der Waals surface area contributed by atoms with Gasteiger partial charge in [-0.3, -0.25) is 14.9 Å². The van der Waals surface area contributed by atoms with Crippen molar-refractivity contribution in [3.63, 3.8) is 0 Å². The number of nitrogens with zero attached hydrogens (tertiary/aromatic N) is 1. The van der Waals surface area contributed by atoms with Crippen LogP contribution < -0.4 is 0 Å². The normalized spacial score (nSPS) is 11.0. The predicted molar refractivity (Wildman–Crippen MR) is 89.0 cm³/mol. The van der Waals surface area contributed by atoms with Crippen LogP contribution in [-0.2, 0) is 17.6 Å². The summed E-state index contributed by atoms with van der Waals surface area (Å²) in [5, 5.41) is 21.1. The van der Waals surface area contributed by atoms with Gasteiger partial charge in [0, 0.05) is 10.9 Å². The molecule has 6 nitrogen and oxygen atoms in total. The number of hydrogen-bond acceptors (Lipinski definition) is 4. The molecule has 0 aliphatic carbocycles. The van der Waals surface area contributed by atoms with Crippen molar-refractivity contribution in [1.82, 2.24) is 0 Å². The largest absolute Gasteiger partial charge is 0.481 e. The monoisotopic (exact) mass is 343 g/mol. The van der Waals surface area contributed by atoms with Crippen LogP contribution in [-0.4, -0.2) is 16.0 Å². The maximum atomic E-state index is 13.2. The molecule has 0 saturated carbocycles. The number of furan rings is 1. The summed E-state index contributed by atoms with van der Waals surface area (Å²) in [4.78, 5) is 21.9. The fraction of sp³-hybridized carbons (Fsp3) is 0.167. The Hall–Kier alpha value is -3.22. The molecule has 7 heteroatoms. The highest BCUT2D eigenvalue weighted by Crippen LogP contribution is 2.43. The van der Waals surface area contributed by atoms with Crippen LogP contribution in [0.25, 0.3) is 22.1 Å². The summed E-state index contributed by atoms with van der Waals surface area (Å²) in [5.74, 6) is -2.00. The van der Waals surface area contributed by atoms with E-state index >= 15 is 0 Å². The molecule has 1 heterocycles. The number of rotatable bonds is 5. The van der Waals surface area contributed by atoms with E-state index in [0.29, 0.717) is 22.9 Å². The molecule has 0 saturated heterocycles. The molecular weight excluding hydrogens is 329 g/mol. The zero-order valence-electron chi connectivity index (χ0n) is 13.3. The van der Waals surface area contributed by atoms with Crippen LogP contribution in [0.5, 0.6) is 0 Å². The Balaban J connectivity index is 2.40. The molecule has 0 aliphatic rings. The van der Waals surface area contributed by atoms with E-state index in [4.69, 9.17) is 9.52 Å². The molecule has 2 aromatic carbocycles. The van der Waals surface area contributed by atoms with Crippen molar-refractivity contribution in [3.05, 3.63) is 63.5 Å². The van der Waals surface area contributed by atoms with Crippen LogP contribution in [0, 0.1) is 15.9 Å². The van der Waals surface area contributed by atoms with Crippen LogP contribution in [0.2, 0.25) is 0 Å². The number of halogens is 1. The zero-order valence-corrected chi connectivity index (χ0v) is 13.3. The van der Waals surface area contributed by atoms with Crippen LogP contribution in [0.1, 0.15) is 18.1 Å². The second-order valence-corrected chi connectivity index (χ2v) is 5.56. The smallest absolute Gasteiger partial charge is 0.442 e. The van der Waals surface area contributed by atoms with E-state index in [9.17, 15) is 19.3 Å². The van der Waals surface area contributed by atoms with Crippen LogP contribution in [0.4, 0.5) is 10.3 Å². The maximum absolute atomic E-state index is 13.2. The van der Waals surface area contributed by atoms with Crippen molar-refractivity contribution in [2.45, 2.75) is 19.8 Å². The zero-order chi connectivity index (χ0) is 18.1. The Kier molecular flexibility index (Phi) is 4.22. The summed E-state index contributed by atoms with van der Waals surface area (Å²) >= 11 is 0. The summed E-state index contributed by atoms with van der Waals surface area (Å²) in [6.07, 6.45) is 0.267. The van der Waals surface area contributed by atoms with E-state index in [-0.39, 0.29) is 17.6 Å². The Morgan fingerprint density at radius 2 is 1.84 bits per heavy atom. The van der Waals surface area contributed by atoms with Crippen molar-refractivity contribution in [2.24, 2.45) is 0 Å². The number of aliphatic carboxylic acids is 1. The molecule has 1 aromatic heterocycles. The average Bonchev–Trinajstić information content (AvgIpc) is 2.97. The number of fused-ring (bicyclic) bond motifs is 1. The van der Waals surface area contributed by atoms with E-state index in [1.807, 2.05) is 6.92 Å². The van der Waals surface area contributed by atoms with Crippen molar-refractivity contribution < 1.29 is 23.6 Å². The van der Waals surface area contributed by atoms with Crippen molar-refractivity contribution in [2.75, 3.05) is 0 Å². The molecule has 3 rings (SSSR count). The Labute approximate surface area is 141 Å². The number of carbonyl (C=O) groups is 1. The third-order valence-electron chi connectivity index (χ3n) is 4.01. The molecule has 25 heavy (non-hydrogen) atoms. The van der Waals surface area contributed by atoms with E-state index in [0.717, 1.165) is 5.56 Å². The first-order chi connectivity index (χ1) is 11.9. The number of carboxylic acids is 1. The summed E-state index contributed by atoms with van der Waals surface area (Å²) < 4.78 is 18.7. The molecule has 3 aromatic rings. The van der Waals surface area contributed by atoms with Gasteiger partial charge >= 0.3 is 11.9 Å². The number of aryl methyl sites for hydroxylation is 1. The number of benzene rings is 2. The molecule has 0 radical (unpaired) electrons. The fourth-order valence-electron chi connectivity index (χ4n) is 2.92. The van der Waals surface area contributed by atoms with Gasteiger partial charge in [-0.25, -0.2) is 4.39 Å². The second-order valence-electron chi connectivity index (χ2n) is 5.56. The van der Waals surface area contributed by atoms with Gasteiger partial charge in [0.2, 0.25) is 0 Å². The Morgan fingerprint density at radius 1 is 1.20 bits per heavy atom. The molecule has 0 atom stereocenters. The van der Waals surface area contributed by atoms with Crippen LogP contribution in [0.3, 0.4) is 0 Å². The lowest BCUT2D eigenvalue weighted by Crippen LogP contribution is -2.00. The van der Waals surface area contributed by atoms with Gasteiger partial charge in [-0.1, -0.05) is 31.2 Å². The summed E-state index contributed by atoms with van der Waals surface area (Å²) in [5.41, 5.74) is 2.02. The van der Waals surface area contributed by atoms with Gasteiger partial charge in [-0.05, 0) is 29.7 Å². The third kappa shape index (κ3) is 2.96. The minimum absolute atomic E-state index is 0.188. The highest BCUT2D eigenvalue weighted by atomic mass is 19.1. The van der Waals surface area contributed by atoms with Crippen molar-refractivity contribution >= 4 is 22.8 Å². The first-order valence-electron chi connectivity index (χ1n) is 7.61. The fourth-order valence-corrected chi connectivity index (χ4v) is 2.92. The minimum atomic E-state index is -1.06. The third-order valence-corrected chi connectivity index (χ3v) is 4.01. The highest BCUT2D eigenvalue weighted by molar-refractivity contribution is 6.02. The van der Waals surface area contributed by atoms with Crippen molar-refractivity contribution in [3.8, 4) is 11.1 Å².